The van der Waals surface area contributed by atoms with E-state index in [0.29, 0.717) is 52.4 Å². The molecule has 166 valence electrons. The van der Waals surface area contributed by atoms with Crippen molar-refractivity contribution in [3.8, 4) is 0 Å². The summed E-state index contributed by atoms with van der Waals surface area (Å²) in [7, 11) is 0. The van der Waals surface area contributed by atoms with Crippen molar-refractivity contribution in [1.29, 1.82) is 0 Å². The van der Waals surface area contributed by atoms with Crippen LogP contribution < -0.4 is 21.9 Å². The van der Waals surface area contributed by atoms with Gasteiger partial charge in [-0.25, -0.2) is 9.36 Å². The first-order valence-corrected chi connectivity index (χ1v) is 10.8. The highest BCUT2D eigenvalue weighted by atomic mass is 16.5. The molecule has 0 aliphatic carbocycles. The maximum absolute atomic E-state index is 13.3. The lowest BCUT2D eigenvalue weighted by Crippen LogP contribution is -2.49. The molecule has 2 N–H and O–H groups in total. The number of nitrogens with zero attached hydrogens (tertiary/aromatic N) is 4. The molecule has 1 fully saturated rings. The molecule has 0 saturated carbocycles. The zero-order valence-corrected chi connectivity index (χ0v) is 17.9. The van der Waals surface area contributed by atoms with Crippen molar-refractivity contribution in [3.63, 3.8) is 0 Å². The predicted octanol–water partition coefficient (Wildman–Crippen LogP) is 0.424. The summed E-state index contributed by atoms with van der Waals surface area (Å²) in [4.78, 5) is 43.0. The van der Waals surface area contributed by atoms with E-state index in [1.807, 2.05) is 30.0 Å². The van der Waals surface area contributed by atoms with E-state index in [1.54, 1.807) is 4.90 Å². The average molecular weight is 428 g/mol. The van der Waals surface area contributed by atoms with E-state index in [-0.39, 0.29) is 24.0 Å². The highest BCUT2D eigenvalue weighted by Gasteiger charge is 2.26. The van der Waals surface area contributed by atoms with Gasteiger partial charge >= 0.3 is 5.69 Å². The second-order valence-corrected chi connectivity index (χ2v) is 7.99. The molecule has 31 heavy (non-hydrogen) atoms. The quantitative estimate of drug-likeness (QED) is 0.742. The molecule has 1 saturated heterocycles. The number of rotatable bonds is 5. The molecule has 3 heterocycles. The summed E-state index contributed by atoms with van der Waals surface area (Å²) in [6, 6.07) is 8.03. The molecule has 2 aliphatic heterocycles. The van der Waals surface area contributed by atoms with Crippen molar-refractivity contribution in [2.45, 2.75) is 39.4 Å². The van der Waals surface area contributed by atoms with E-state index in [1.165, 1.54) is 10.1 Å². The fourth-order valence-corrected chi connectivity index (χ4v) is 4.31. The number of hydrogen-bond acceptors (Lipinski definition) is 6. The van der Waals surface area contributed by atoms with Crippen molar-refractivity contribution >= 4 is 17.4 Å². The first-order valence-electron chi connectivity index (χ1n) is 10.8. The van der Waals surface area contributed by atoms with E-state index in [4.69, 9.17) is 10.5 Å². The Balaban J connectivity index is 1.67. The summed E-state index contributed by atoms with van der Waals surface area (Å²) < 4.78 is 7.83. The number of ether oxygens (including phenoxy) is 1. The van der Waals surface area contributed by atoms with Gasteiger partial charge in [0.25, 0.3) is 5.56 Å². The maximum atomic E-state index is 13.3. The van der Waals surface area contributed by atoms with Gasteiger partial charge in [-0.2, -0.15) is 0 Å². The highest BCUT2D eigenvalue weighted by Crippen LogP contribution is 2.20. The molecule has 1 aromatic heterocycles. The van der Waals surface area contributed by atoms with Crippen molar-refractivity contribution < 1.29 is 9.53 Å². The molecular formula is C22H29N5O4. The Morgan fingerprint density at radius 3 is 2.48 bits per heavy atom. The molecule has 9 heteroatoms. The zero-order chi connectivity index (χ0) is 22.0. The predicted molar refractivity (Wildman–Crippen MR) is 118 cm³/mol. The Morgan fingerprint density at radius 1 is 1.06 bits per heavy atom. The lowest BCUT2D eigenvalue weighted by molar-refractivity contribution is -0.132. The minimum atomic E-state index is -0.535. The molecular weight excluding hydrogens is 398 g/mol. The lowest BCUT2D eigenvalue weighted by atomic mass is 10.00. The van der Waals surface area contributed by atoms with Crippen LogP contribution in [0.3, 0.4) is 0 Å². The number of benzene rings is 1. The van der Waals surface area contributed by atoms with E-state index in [2.05, 4.69) is 6.07 Å². The van der Waals surface area contributed by atoms with Gasteiger partial charge in [-0.1, -0.05) is 31.2 Å². The first kappa shape index (κ1) is 21.2. The van der Waals surface area contributed by atoms with Crippen LogP contribution in [0.5, 0.6) is 0 Å². The van der Waals surface area contributed by atoms with Gasteiger partial charge in [-0.05, 0) is 24.0 Å². The largest absolute Gasteiger partial charge is 0.383 e. The second kappa shape index (κ2) is 8.97. The van der Waals surface area contributed by atoms with Gasteiger partial charge < -0.3 is 20.3 Å². The molecule has 1 aromatic carbocycles. The summed E-state index contributed by atoms with van der Waals surface area (Å²) in [6.07, 6.45) is 1.44. The van der Waals surface area contributed by atoms with Crippen LogP contribution >= 0.6 is 0 Å². The summed E-state index contributed by atoms with van der Waals surface area (Å²) in [5, 5.41) is 0. The Hall–Kier alpha value is -3.07. The van der Waals surface area contributed by atoms with E-state index >= 15 is 0 Å². The van der Waals surface area contributed by atoms with Crippen LogP contribution in [0, 0.1) is 0 Å². The van der Waals surface area contributed by atoms with Crippen LogP contribution in [0.1, 0.15) is 24.5 Å². The Labute approximate surface area is 180 Å². The Bertz CT molecular complexity index is 1080. The van der Waals surface area contributed by atoms with Crippen molar-refractivity contribution in [2.24, 2.45) is 0 Å². The van der Waals surface area contributed by atoms with E-state index in [9.17, 15) is 14.4 Å². The molecule has 0 unspecified atom stereocenters. The van der Waals surface area contributed by atoms with Gasteiger partial charge in [0.1, 0.15) is 18.1 Å². The van der Waals surface area contributed by atoms with Gasteiger partial charge in [0.05, 0.1) is 13.2 Å². The molecule has 9 nitrogen and oxygen atoms in total. The van der Waals surface area contributed by atoms with Gasteiger partial charge in [0, 0.05) is 32.7 Å². The first-order chi connectivity index (χ1) is 15.0. The SMILES string of the molecule is CCCn1c(N)c(N2CCOCC2)c(=O)n(CC(=O)N2CCc3ccccc3C2)c1=O. The Morgan fingerprint density at radius 2 is 1.77 bits per heavy atom. The molecule has 4 rings (SSSR count). The number of fused-ring (bicyclic) bond motifs is 1. The topological polar surface area (TPSA) is 103 Å². The third-order valence-electron chi connectivity index (χ3n) is 5.99. The number of amides is 1. The third-order valence-corrected chi connectivity index (χ3v) is 5.99. The monoisotopic (exact) mass is 427 g/mol. The van der Waals surface area contributed by atoms with E-state index < -0.39 is 11.2 Å². The van der Waals surface area contributed by atoms with Crippen LogP contribution in [-0.4, -0.2) is 52.8 Å². The number of hydrogen-bond donors (Lipinski definition) is 1. The average Bonchev–Trinajstić information content (AvgIpc) is 2.80. The number of anilines is 2. The number of aromatic nitrogens is 2. The van der Waals surface area contributed by atoms with Crippen LogP contribution in [0.15, 0.2) is 33.9 Å². The third kappa shape index (κ3) is 4.10. The minimum absolute atomic E-state index is 0.161. The lowest BCUT2D eigenvalue weighted by Gasteiger charge is -2.31. The molecule has 0 spiro atoms. The molecule has 1 amide bonds. The van der Waals surface area contributed by atoms with Crippen LogP contribution in [-0.2, 0) is 35.6 Å². The van der Waals surface area contributed by atoms with Crippen molar-refractivity contribution in [3.05, 3.63) is 56.2 Å². The maximum Gasteiger partial charge on any atom is 0.333 e. The number of nitrogen functional groups attached to an aromatic ring is 1. The fraction of sp³-hybridized carbons (Fsp3) is 0.500. The van der Waals surface area contributed by atoms with Crippen molar-refractivity contribution in [1.82, 2.24) is 14.0 Å². The second-order valence-electron chi connectivity index (χ2n) is 7.99. The van der Waals surface area contributed by atoms with Crippen molar-refractivity contribution in [2.75, 3.05) is 43.5 Å². The highest BCUT2D eigenvalue weighted by molar-refractivity contribution is 5.76. The van der Waals surface area contributed by atoms with Gasteiger partial charge in [-0.3, -0.25) is 14.2 Å². The van der Waals surface area contributed by atoms with Crippen LogP contribution in [0.4, 0.5) is 11.5 Å². The fourth-order valence-electron chi connectivity index (χ4n) is 4.31. The number of morpholine rings is 1. The number of carbonyl (C=O) groups is 1. The van der Waals surface area contributed by atoms with Crippen LogP contribution in [0.2, 0.25) is 0 Å². The van der Waals surface area contributed by atoms with Gasteiger partial charge in [0.15, 0.2) is 0 Å². The smallest absolute Gasteiger partial charge is 0.333 e. The zero-order valence-electron chi connectivity index (χ0n) is 17.9. The molecule has 0 bridgehead atoms. The molecule has 0 radical (unpaired) electrons. The summed E-state index contributed by atoms with van der Waals surface area (Å²) in [5.41, 5.74) is 7.84. The Kier molecular flexibility index (Phi) is 6.13. The van der Waals surface area contributed by atoms with E-state index in [0.717, 1.165) is 16.6 Å². The summed E-state index contributed by atoms with van der Waals surface area (Å²) in [5.74, 6) is -0.0798. The molecule has 2 aliphatic rings. The summed E-state index contributed by atoms with van der Waals surface area (Å²) >= 11 is 0. The van der Waals surface area contributed by atoms with Crippen LogP contribution in [0.25, 0.3) is 0 Å². The molecule has 2 aromatic rings. The van der Waals surface area contributed by atoms with Gasteiger partial charge in [-0.15, -0.1) is 0 Å². The minimum Gasteiger partial charge on any atom is -0.383 e. The standard InChI is InChI=1S/C22H29N5O4/c1-2-8-26-20(23)19(24-10-12-31-13-11-24)21(29)27(22(26)30)15-18(28)25-9-7-16-5-3-4-6-17(16)14-25/h3-6H,2,7-15,23H2,1H3. The summed E-state index contributed by atoms with van der Waals surface area (Å²) in [6.45, 7) is 5.08. The van der Waals surface area contributed by atoms with Gasteiger partial charge in [0.2, 0.25) is 5.91 Å². The normalized spacial score (nSPS) is 16.3. The number of carbonyl (C=O) groups excluding carboxylic acids is 1. The number of nitrogens with two attached hydrogens (primary N) is 1. The molecule has 0 atom stereocenters.